The van der Waals surface area contributed by atoms with Crippen LogP contribution >= 0.6 is 0 Å². The van der Waals surface area contributed by atoms with Crippen LogP contribution in [0.15, 0.2) is 65.6 Å². The maximum Gasteiger partial charge on any atom is 0.262 e. The fourth-order valence-electron chi connectivity index (χ4n) is 3.19. The van der Waals surface area contributed by atoms with E-state index in [0.29, 0.717) is 17.1 Å². The predicted octanol–water partition coefficient (Wildman–Crippen LogP) is 4.60. The number of aryl methyl sites for hydroxylation is 3. The van der Waals surface area contributed by atoms with Gasteiger partial charge in [-0.05, 0) is 73.9 Å². The van der Waals surface area contributed by atoms with Gasteiger partial charge in [0.15, 0.2) is 0 Å². The van der Waals surface area contributed by atoms with Crippen molar-refractivity contribution in [2.75, 3.05) is 17.1 Å². The zero-order chi connectivity index (χ0) is 22.6. The molecule has 3 aromatic rings. The molecule has 0 bridgehead atoms. The van der Waals surface area contributed by atoms with Gasteiger partial charge in [-0.25, -0.2) is 8.42 Å². The zero-order valence-electron chi connectivity index (χ0n) is 18.0. The van der Waals surface area contributed by atoms with E-state index in [1.807, 2.05) is 45.0 Å². The number of hydrogen-bond acceptors (Lipinski definition) is 4. The minimum Gasteiger partial charge on any atom is -0.495 e. The van der Waals surface area contributed by atoms with Crippen LogP contribution in [0.25, 0.3) is 0 Å². The summed E-state index contributed by atoms with van der Waals surface area (Å²) in [6.45, 7) is 5.82. The molecule has 0 aromatic heterocycles. The highest BCUT2D eigenvalue weighted by atomic mass is 32.2. The van der Waals surface area contributed by atoms with E-state index < -0.39 is 10.0 Å². The maximum atomic E-state index is 12.8. The van der Waals surface area contributed by atoms with Crippen molar-refractivity contribution in [1.29, 1.82) is 0 Å². The average molecular weight is 439 g/mol. The summed E-state index contributed by atoms with van der Waals surface area (Å²) in [6, 6.07) is 17.3. The molecule has 0 radical (unpaired) electrons. The van der Waals surface area contributed by atoms with Crippen molar-refractivity contribution in [3.8, 4) is 5.75 Å². The van der Waals surface area contributed by atoms with E-state index in [9.17, 15) is 13.2 Å². The lowest BCUT2D eigenvalue weighted by Crippen LogP contribution is -2.16. The van der Waals surface area contributed by atoms with Crippen molar-refractivity contribution in [3.05, 3.63) is 82.9 Å². The third-order valence-corrected chi connectivity index (χ3v) is 6.28. The molecule has 0 unspecified atom stereocenters. The number of nitrogens with one attached hydrogen (secondary N) is 2. The number of rotatable bonds is 7. The Morgan fingerprint density at radius 2 is 1.55 bits per heavy atom. The van der Waals surface area contributed by atoms with Crippen LogP contribution in [0.3, 0.4) is 0 Å². The molecule has 2 N–H and O–H groups in total. The monoisotopic (exact) mass is 438 g/mol. The maximum absolute atomic E-state index is 12.8. The molecule has 0 atom stereocenters. The van der Waals surface area contributed by atoms with Crippen LogP contribution in [0.4, 0.5) is 11.4 Å². The molecule has 0 aliphatic heterocycles. The summed E-state index contributed by atoms with van der Waals surface area (Å²) in [5.41, 5.74) is 4.92. The molecule has 0 spiro atoms. The first kappa shape index (κ1) is 22.4. The number of benzene rings is 3. The van der Waals surface area contributed by atoms with Crippen molar-refractivity contribution in [2.24, 2.45) is 0 Å². The second-order valence-electron chi connectivity index (χ2n) is 7.49. The van der Waals surface area contributed by atoms with Crippen LogP contribution in [0.2, 0.25) is 0 Å². The standard InChI is InChI=1S/C24H26N2O4S/c1-16-5-7-18(3)19(13-16)15-24(27)25-20-8-10-21(11-9-20)31(28,29)26-22-14-17(2)6-12-23(22)30-4/h5-14,26H,15H2,1-4H3,(H,25,27). The van der Waals surface area contributed by atoms with E-state index in [1.54, 1.807) is 24.3 Å². The summed E-state index contributed by atoms with van der Waals surface area (Å²) in [5.74, 6) is 0.274. The van der Waals surface area contributed by atoms with Crippen LogP contribution in [-0.2, 0) is 21.2 Å². The molecule has 6 nitrogen and oxygen atoms in total. The molecule has 0 fully saturated rings. The molecule has 162 valence electrons. The van der Waals surface area contributed by atoms with E-state index >= 15 is 0 Å². The van der Waals surface area contributed by atoms with Gasteiger partial charge in [0, 0.05) is 5.69 Å². The third kappa shape index (κ3) is 5.64. The summed E-state index contributed by atoms with van der Waals surface area (Å²) in [6.07, 6.45) is 0.252. The highest BCUT2D eigenvalue weighted by Gasteiger charge is 2.17. The van der Waals surface area contributed by atoms with Crippen LogP contribution < -0.4 is 14.8 Å². The first-order chi connectivity index (χ1) is 14.7. The minimum absolute atomic E-state index is 0.0867. The van der Waals surface area contributed by atoms with Gasteiger partial charge in [-0.3, -0.25) is 9.52 Å². The van der Waals surface area contributed by atoms with Gasteiger partial charge in [0.25, 0.3) is 10.0 Å². The zero-order valence-corrected chi connectivity index (χ0v) is 18.8. The van der Waals surface area contributed by atoms with Crippen molar-refractivity contribution >= 4 is 27.3 Å². The lowest BCUT2D eigenvalue weighted by molar-refractivity contribution is -0.115. The molecule has 0 aliphatic rings. The van der Waals surface area contributed by atoms with Crippen molar-refractivity contribution < 1.29 is 17.9 Å². The number of amides is 1. The second-order valence-corrected chi connectivity index (χ2v) is 9.17. The Labute approximate surface area is 183 Å². The Balaban J connectivity index is 1.71. The smallest absolute Gasteiger partial charge is 0.262 e. The number of carbonyl (C=O) groups excluding carboxylic acids is 1. The molecule has 3 aromatic carbocycles. The number of carbonyl (C=O) groups is 1. The molecule has 1 amide bonds. The van der Waals surface area contributed by atoms with Crippen LogP contribution in [0.1, 0.15) is 22.3 Å². The molecule has 0 saturated heterocycles. The second kappa shape index (κ2) is 9.22. The normalized spacial score (nSPS) is 11.1. The first-order valence-electron chi connectivity index (χ1n) is 9.81. The number of hydrogen-bond donors (Lipinski definition) is 2. The SMILES string of the molecule is COc1ccc(C)cc1NS(=O)(=O)c1ccc(NC(=O)Cc2cc(C)ccc2C)cc1. The molecular formula is C24H26N2O4S. The molecular weight excluding hydrogens is 412 g/mol. The topological polar surface area (TPSA) is 84.5 Å². The van der Waals surface area contributed by atoms with Gasteiger partial charge < -0.3 is 10.1 Å². The molecule has 0 heterocycles. The van der Waals surface area contributed by atoms with Crippen molar-refractivity contribution in [2.45, 2.75) is 32.1 Å². The van der Waals surface area contributed by atoms with Crippen LogP contribution in [0, 0.1) is 20.8 Å². The Bertz CT molecular complexity index is 1200. The number of sulfonamides is 1. The summed E-state index contributed by atoms with van der Waals surface area (Å²) in [5, 5.41) is 2.82. The highest BCUT2D eigenvalue weighted by molar-refractivity contribution is 7.92. The van der Waals surface area contributed by atoms with Gasteiger partial charge in [0.05, 0.1) is 24.1 Å². The van der Waals surface area contributed by atoms with Gasteiger partial charge in [-0.2, -0.15) is 0 Å². The first-order valence-corrected chi connectivity index (χ1v) is 11.3. The van der Waals surface area contributed by atoms with E-state index in [2.05, 4.69) is 10.0 Å². The Morgan fingerprint density at radius 3 is 2.23 bits per heavy atom. The van der Waals surface area contributed by atoms with Gasteiger partial charge in [0.2, 0.25) is 5.91 Å². The highest BCUT2D eigenvalue weighted by Crippen LogP contribution is 2.28. The molecule has 3 rings (SSSR count). The summed E-state index contributed by atoms with van der Waals surface area (Å²) in [4.78, 5) is 12.5. The minimum atomic E-state index is -3.81. The molecule has 31 heavy (non-hydrogen) atoms. The number of ether oxygens (including phenoxy) is 1. The molecule has 0 saturated carbocycles. The number of methoxy groups -OCH3 is 1. The Morgan fingerprint density at radius 1 is 0.903 bits per heavy atom. The Kier molecular flexibility index (Phi) is 6.65. The predicted molar refractivity (Wildman–Crippen MR) is 123 cm³/mol. The van der Waals surface area contributed by atoms with E-state index in [-0.39, 0.29) is 17.2 Å². The Hall–Kier alpha value is -3.32. The lowest BCUT2D eigenvalue weighted by atomic mass is 10.0. The van der Waals surface area contributed by atoms with E-state index in [1.165, 1.54) is 19.2 Å². The summed E-state index contributed by atoms with van der Waals surface area (Å²) >= 11 is 0. The fraction of sp³-hybridized carbons (Fsp3) is 0.208. The average Bonchev–Trinajstić information content (AvgIpc) is 2.71. The van der Waals surface area contributed by atoms with Crippen molar-refractivity contribution in [3.63, 3.8) is 0 Å². The van der Waals surface area contributed by atoms with Crippen LogP contribution in [-0.4, -0.2) is 21.4 Å². The fourth-order valence-corrected chi connectivity index (χ4v) is 4.25. The van der Waals surface area contributed by atoms with Gasteiger partial charge in [-0.1, -0.05) is 29.8 Å². The van der Waals surface area contributed by atoms with E-state index in [0.717, 1.165) is 22.3 Å². The summed E-state index contributed by atoms with van der Waals surface area (Å²) < 4.78 is 33.3. The van der Waals surface area contributed by atoms with Gasteiger partial charge >= 0.3 is 0 Å². The van der Waals surface area contributed by atoms with Crippen molar-refractivity contribution in [1.82, 2.24) is 0 Å². The largest absolute Gasteiger partial charge is 0.495 e. The quantitative estimate of drug-likeness (QED) is 0.565. The van der Waals surface area contributed by atoms with Gasteiger partial charge in [-0.15, -0.1) is 0 Å². The lowest BCUT2D eigenvalue weighted by Gasteiger charge is -2.13. The van der Waals surface area contributed by atoms with Gasteiger partial charge in [0.1, 0.15) is 5.75 Å². The van der Waals surface area contributed by atoms with Crippen LogP contribution in [0.5, 0.6) is 5.75 Å². The molecule has 0 aliphatic carbocycles. The molecule has 7 heteroatoms. The van der Waals surface area contributed by atoms with E-state index in [4.69, 9.17) is 4.74 Å². The number of anilines is 2. The third-order valence-electron chi connectivity index (χ3n) is 4.90. The summed E-state index contributed by atoms with van der Waals surface area (Å²) in [7, 11) is -2.33.